The van der Waals surface area contributed by atoms with E-state index in [1.54, 1.807) is 6.92 Å². The summed E-state index contributed by atoms with van der Waals surface area (Å²) in [6.07, 6.45) is 2.08. The first-order chi connectivity index (χ1) is 11.1. The van der Waals surface area contributed by atoms with Crippen LogP contribution in [0.5, 0.6) is 0 Å². The SMILES string of the molecule is Cc1nnc(CC(=O)N[C@H]2CCCN(c3ccccc3Cl)C2)o1. The van der Waals surface area contributed by atoms with E-state index in [0.717, 1.165) is 36.6 Å². The van der Waals surface area contributed by atoms with Crippen molar-refractivity contribution in [3.8, 4) is 0 Å². The lowest BCUT2D eigenvalue weighted by Crippen LogP contribution is -2.48. The van der Waals surface area contributed by atoms with E-state index in [1.165, 1.54) is 0 Å². The second-order valence-corrected chi connectivity index (χ2v) is 6.10. The number of hydrogen-bond acceptors (Lipinski definition) is 5. The maximum Gasteiger partial charge on any atom is 0.229 e. The van der Waals surface area contributed by atoms with Crippen LogP contribution in [0.1, 0.15) is 24.6 Å². The molecule has 23 heavy (non-hydrogen) atoms. The molecule has 122 valence electrons. The average molecular weight is 335 g/mol. The molecule has 0 saturated carbocycles. The Morgan fingerprint density at radius 3 is 3.00 bits per heavy atom. The van der Waals surface area contributed by atoms with Crippen LogP contribution in [-0.4, -0.2) is 35.2 Å². The van der Waals surface area contributed by atoms with Crippen molar-refractivity contribution in [1.82, 2.24) is 15.5 Å². The molecule has 6 nitrogen and oxygen atoms in total. The predicted molar refractivity (Wildman–Crippen MR) is 87.6 cm³/mol. The number of rotatable bonds is 4. The van der Waals surface area contributed by atoms with E-state index in [2.05, 4.69) is 20.4 Å². The van der Waals surface area contributed by atoms with Gasteiger partial charge in [-0.25, -0.2) is 0 Å². The Morgan fingerprint density at radius 1 is 1.43 bits per heavy atom. The number of aryl methyl sites for hydroxylation is 1. The Morgan fingerprint density at radius 2 is 2.26 bits per heavy atom. The van der Waals surface area contributed by atoms with Crippen LogP contribution in [0.2, 0.25) is 5.02 Å². The molecular formula is C16H19ClN4O2. The summed E-state index contributed by atoms with van der Waals surface area (Å²) < 4.78 is 5.24. The lowest BCUT2D eigenvalue weighted by Gasteiger charge is -2.35. The van der Waals surface area contributed by atoms with E-state index in [1.807, 2.05) is 24.3 Å². The first kappa shape index (κ1) is 15.8. The number of nitrogens with zero attached hydrogens (tertiary/aromatic N) is 3. The molecule has 2 aromatic rings. The molecule has 0 unspecified atom stereocenters. The molecule has 1 aliphatic heterocycles. The van der Waals surface area contributed by atoms with E-state index in [0.29, 0.717) is 11.8 Å². The highest BCUT2D eigenvalue weighted by atomic mass is 35.5. The Bertz CT molecular complexity index is 688. The molecule has 0 aliphatic carbocycles. The Kier molecular flexibility index (Phi) is 4.81. The number of amides is 1. The zero-order chi connectivity index (χ0) is 16.2. The number of anilines is 1. The maximum absolute atomic E-state index is 12.1. The van der Waals surface area contributed by atoms with Crippen molar-refractivity contribution in [2.24, 2.45) is 0 Å². The fourth-order valence-corrected chi connectivity index (χ4v) is 3.10. The summed E-state index contributed by atoms with van der Waals surface area (Å²) in [7, 11) is 0. The summed E-state index contributed by atoms with van der Waals surface area (Å²) >= 11 is 6.26. The van der Waals surface area contributed by atoms with Gasteiger partial charge in [-0.15, -0.1) is 10.2 Å². The monoisotopic (exact) mass is 334 g/mol. The highest BCUT2D eigenvalue weighted by Crippen LogP contribution is 2.27. The van der Waals surface area contributed by atoms with E-state index in [-0.39, 0.29) is 18.4 Å². The number of benzene rings is 1. The van der Waals surface area contributed by atoms with E-state index in [9.17, 15) is 4.79 Å². The number of carbonyl (C=O) groups is 1. The minimum absolute atomic E-state index is 0.0940. The normalized spacial score (nSPS) is 18.0. The van der Waals surface area contributed by atoms with Crippen LogP contribution < -0.4 is 10.2 Å². The topological polar surface area (TPSA) is 71.3 Å². The molecule has 0 spiro atoms. The molecule has 1 aromatic carbocycles. The second kappa shape index (κ2) is 7.00. The zero-order valence-corrected chi connectivity index (χ0v) is 13.7. The molecule has 2 heterocycles. The van der Waals surface area contributed by atoms with Gasteiger partial charge in [0.05, 0.1) is 10.7 Å². The maximum atomic E-state index is 12.1. The third kappa shape index (κ3) is 4.01. The summed E-state index contributed by atoms with van der Waals surface area (Å²) in [5.74, 6) is 0.716. The first-order valence-corrected chi connectivity index (χ1v) is 8.07. The lowest BCUT2D eigenvalue weighted by atomic mass is 10.0. The highest BCUT2D eigenvalue weighted by Gasteiger charge is 2.23. The van der Waals surface area contributed by atoms with Gasteiger partial charge in [-0.05, 0) is 25.0 Å². The molecule has 0 bridgehead atoms. The quantitative estimate of drug-likeness (QED) is 0.929. The number of hydrogen-bond donors (Lipinski definition) is 1. The lowest BCUT2D eigenvalue weighted by molar-refractivity contribution is -0.121. The van der Waals surface area contributed by atoms with E-state index in [4.69, 9.17) is 16.0 Å². The summed E-state index contributed by atoms with van der Waals surface area (Å²) in [4.78, 5) is 14.3. The minimum Gasteiger partial charge on any atom is -0.425 e. The number of para-hydroxylation sites is 1. The number of halogens is 1. The Balaban J connectivity index is 1.58. The molecule has 1 atom stereocenters. The molecule has 1 saturated heterocycles. The zero-order valence-electron chi connectivity index (χ0n) is 13.0. The fraction of sp³-hybridized carbons (Fsp3) is 0.438. The summed E-state index contributed by atoms with van der Waals surface area (Å²) in [6.45, 7) is 3.40. The van der Waals surface area contributed by atoms with Crippen molar-refractivity contribution in [2.75, 3.05) is 18.0 Å². The van der Waals surface area contributed by atoms with Crippen LogP contribution in [0.3, 0.4) is 0 Å². The third-order valence-electron chi connectivity index (χ3n) is 3.86. The number of piperidine rings is 1. The Labute approximate surface area is 139 Å². The van der Waals surface area contributed by atoms with Crippen molar-refractivity contribution in [2.45, 2.75) is 32.2 Å². The number of nitrogens with one attached hydrogen (secondary N) is 1. The van der Waals surface area contributed by atoms with Crippen LogP contribution >= 0.6 is 11.6 Å². The van der Waals surface area contributed by atoms with Crippen molar-refractivity contribution in [3.63, 3.8) is 0 Å². The van der Waals surface area contributed by atoms with Gasteiger partial charge < -0.3 is 14.6 Å². The summed E-state index contributed by atoms with van der Waals surface area (Å²) in [6, 6.07) is 7.88. The van der Waals surface area contributed by atoms with Crippen LogP contribution in [0, 0.1) is 6.92 Å². The van der Waals surface area contributed by atoms with Crippen molar-refractivity contribution < 1.29 is 9.21 Å². The van der Waals surface area contributed by atoms with Crippen molar-refractivity contribution in [1.29, 1.82) is 0 Å². The van der Waals surface area contributed by atoms with Gasteiger partial charge in [0.25, 0.3) is 0 Å². The molecule has 0 radical (unpaired) electrons. The van der Waals surface area contributed by atoms with Gasteiger partial charge in [-0.1, -0.05) is 23.7 Å². The molecule has 3 rings (SSSR count). The third-order valence-corrected chi connectivity index (χ3v) is 4.18. The summed E-state index contributed by atoms with van der Waals surface area (Å²) in [5.41, 5.74) is 1.01. The highest BCUT2D eigenvalue weighted by molar-refractivity contribution is 6.33. The van der Waals surface area contributed by atoms with Gasteiger partial charge in [0.15, 0.2) is 0 Å². The van der Waals surface area contributed by atoms with Gasteiger partial charge in [0, 0.05) is 26.1 Å². The molecular weight excluding hydrogens is 316 g/mol. The molecule has 1 N–H and O–H groups in total. The van der Waals surface area contributed by atoms with Crippen molar-refractivity contribution in [3.05, 3.63) is 41.1 Å². The van der Waals surface area contributed by atoms with Crippen LogP contribution in [0.15, 0.2) is 28.7 Å². The first-order valence-electron chi connectivity index (χ1n) is 7.69. The molecule has 1 aromatic heterocycles. The van der Waals surface area contributed by atoms with Crippen LogP contribution in [0.4, 0.5) is 5.69 Å². The van der Waals surface area contributed by atoms with Gasteiger partial charge >= 0.3 is 0 Å². The van der Waals surface area contributed by atoms with Gasteiger partial charge in [0.1, 0.15) is 6.42 Å². The average Bonchev–Trinajstić information content (AvgIpc) is 2.93. The Hall–Kier alpha value is -2.08. The molecule has 1 amide bonds. The van der Waals surface area contributed by atoms with Crippen LogP contribution in [-0.2, 0) is 11.2 Å². The largest absolute Gasteiger partial charge is 0.425 e. The van der Waals surface area contributed by atoms with Crippen molar-refractivity contribution >= 4 is 23.2 Å². The molecule has 1 aliphatic rings. The molecule has 7 heteroatoms. The number of carbonyl (C=O) groups excluding carboxylic acids is 1. The van der Waals surface area contributed by atoms with Gasteiger partial charge in [-0.2, -0.15) is 0 Å². The van der Waals surface area contributed by atoms with E-state index >= 15 is 0 Å². The van der Waals surface area contributed by atoms with Gasteiger partial charge in [-0.3, -0.25) is 4.79 Å². The molecule has 1 fully saturated rings. The standard InChI is InChI=1S/C16H19ClN4O2/c1-11-19-20-16(23-11)9-15(22)18-12-5-4-8-21(10-12)14-7-3-2-6-13(14)17/h2-3,6-7,12H,4-5,8-10H2,1H3,(H,18,22)/t12-/m0/s1. The smallest absolute Gasteiger partial charge is 0.229 e. The van der Waals surface area contributed by atoms with E-state index < -0.39 is 0 Å². The summed E-state index contributed by atoms with van der Waals surface area (Å²) in [5, 5.41) is 11.4. The second-order valence-electron chi connectivity index (χ2n) is 5.70. The minimum atomic E-state index is -0.0975. The van der Waals surface area contributed by atoms with Gasteiger partial charge in [0.2, 0.25) is 17.7 Å². The van der Waals surface area contributed by atoms with Crippen LogP contribution in [0.25, 0.3) is 0 Å². The fourth-order valence-electron chi connectivity index (χ4n) is 2.85. The predicted octanol–water partition coefficient (Wildman–Crippen LogP) is 2.36. The number of aromatic nitrogens is 2.